The molecular formula is Nb2O6. The third-order valence-electron chi connectivity index (χ3n) is 0.400. The molecule has 0 bridgehead atoms. The predicted octanol–water partition coefficient (Wildman–Crippen LogP) is -0.617. The molecule has 0 aromatic rings. The van der Waals surface area contributed by atoms with Gasteiger partial charge in [0.1, 0.15) is 0 Å². The van der Waals surface area contributed by atoms with Crippen molar-refractivity contribution >= 4 is 0 Å². The Morgan fingerprint density at radius 2 is 1.00 bits per heavy atom. The summed E-state index contributed by atoms with van der Waals surface area (Å²) >= 11 is -10.3. The van der Waals surface area contributed by atoms with Crippen molar-refractivity contribution in [3.05, 3.63) is 0 Å². The van der Waals surface area contributed by atoms with E-state index in [0.717, 1.165) is 0 Å². The van der Waals surface area contributed by atoms with Gasteiger partial charge in [-0.15, -0.1) is 0 Å². The van der Waals surface area contributed by atoms with Crippen LogP contribution in [0.5, 0.6) is 0 Å². The summed E-state index contributed by atoms with van der Waals surface area (Å²) in [5, 5.41) is 0. The van der Waals surface area contributed by atoms with E-state index >= 15 is 0 Å². The third-order valence-corrected chi connectivity index (χ3v) is 14.0. The molecule has 1 aliphatic heterocycles. The fourth-order valence-corrected chi connectivity index (χ4v) is 8.79. The van der Waals surface area contributed by atoms with Gasteiger partial charge in [-0.05, 0) is 0 Å². The average Bonchev–Trinajstić information content (AvgIpc) is 1.20. The van der Waals surface area contributed by atoms with E-state index in [4.69, 9.17) is 0 Å². The van der Waals surface area contributed by atoms with Crippen molar-refractivity contribution in [2.75, 3.05) is 0 Å². The molecule has 0 aromatic carbocycles. The van der Waals surface area contributed by atoms with Crippen LogP contribution in [0.2, 0.25) is 0 Å². The van der Waals surface area contributed by atoms with Crippen molar-refractivity contribution in [2.24, 2.45) is 0 Å². The fourth-order valence-electron chi connectivity index (χ4n) is 0.251. The van der Waals surface area contributed by atoms with Gasteiger partial charge < -0.3 is 0 Å². The van der Waals surface area contributed by atoms with Gasteiger partial charge in [0.25, 0.3) is 0 Å². The van der Waals surface area contributed by atoms with E-state index in [2.05, 4.69) is 3.51 Å². The van der Waals surface area contributed by atoms with E-state index in [9.17, 15) is 13.0 Å². The molecule has 0 spiro atoms. The number of hydrogen-bond donors (Lipinski definition) is 0. The number of hydrogen-bond acceptors (Lipinski definition) is 6. The first kappa shape index (κ1) is 6.72. The fraction of sp³-hybridized carbons (Fsp3) is 0. The van der Waals surface area contributed by atoms with Crippen LogP contribution in [0.1, 0.15) is 0 Å². The molecule has 0 amide bonds. The second-order valence-electron chi connectivity index (χ2n) is 1.06. The second kappa shape index (κ2) is 1.55. The zero-order valence-corrected chi connectivity index (χ0v) is 7.74. The molecule has 1 rings (SSSR count). The molecule has 0 atom stereocenters. The van der Waals surface area contributed by atoms with E-state index in [-0.39, 0.29) is 0 Å². The molecule has 46 valence electrons. The standard InChI is InChI=1S/2Nb.6O. The Balaban J connectivity index is 3.00. The molecule has 6 nitrogen and oxygen atoms in total. The summed E-state index contributed by atoms with van der Waals surface area (Å²) < 4.78 is 46.2. The van der Waals surface area contributed by atoms with Crippen molar-refractivity contribution in [1.82, 2.24) is 0 Å². The predicted molar refractivity (Wildman–Crippen MR) is 4.92 cm³/mol. The van der Waals surface area contributed by atoms with Gasteiger partial charge >= 0.3 is 52.2 Å². The van der Waals surface area contributed by atoms with Gasteiger partial charge in [-0.2, -0.15) is 0 Å². The van der Waals surface area contributed by atoms with Crippen LogP contribution >= 0.6 is 0 Å². The van der Waals surface area contributed by atoms with Crippen LogP contribution in [0.25, 0.3) is 0 Å². The van der Waals surface area contributed by atoms with E-state index in [1.807, 2.05) is 0 Å². The van der Waals surface area contributed by atoms with Gasteiger partial charge in [-0.25, -0.2) is 0 Å². The van der Waals surface area contributed by atoms with E-state index in [1.165, 1.54) is 0 Å². The molecule has 1 heterocycles. The molecule has 1 saturated heterocycles. The molecule has 1 aliphatic rings. The minimum absolute atomic E-state index is 3.47. The van der Waals surface area contributed by atoms with Crippen LogP contribution in [0, 0.1) is 0 Å². The molecule has 0 aliphatic carbocycles. The normalized spacial score (nSPS) is 31.0. The summed E-state index contributed by atoms with van der Waals surface area (Å²) in [4.78, 5) is 0. The number of rotatable bonds is 0. The van der Waals surface area contributed by atoms with E-state index in [1.54, 1.807) is 0 Å². The van der Waals surface area contributed by atoms with Gasteiger partial charge in [0.15, 0.2) is 0 Å². The van der Waals surface area contributed by atoms with Crippen LogP contribution in [-0.2, 0) is 52.2 Å². The SMILES string of the molecule is [O]=[Nb]1(=[O])[O][Nb](=[O])(=[O])[O]1. The molecule has 0 radical (unpaired) electrons. The van der Waals surface area contributed by atoms with Crippen LogP contribution in [-0.4, -0.2) is 0 Å². The molecule has 0 aromatic heterocycles. The summed E-state index contributed by atoms with van der Waals surface area (Å²) in [7, 11) is 0. The minimum atomic E-state index is -5.17. The van der Waals surface area contributed by atoms with Crippen LogP contribution in [0.4, 0.5) is 0 Å². The first-order valence-corrected chi connectivity index (χ1v) is 8.64. The van der Waals surface area contributed by atoms with E-state index < -0.39 is 35.7 Å². The molecule has 0 saturated carbocycles. The van der Waals surface area contributed by atoms with Gasteiger partial charge in [0.2, 0.25) is 0 Å². The van der Waals surface area contributed by atoms with Crippen LogP contribution in [0.3, 0.4) is 0 Å². The molecule has 0 unspecified atom stereocenters. The average molecular weight is 282 g/mol. The summed E-state index contributed by atoms with van der Waals surface area (Å²) in [6.45, 7) is 0. The third kappa shape index (κ3) is 1.30. The van der Waals surface area contributed by atoms with Crippen molar-refractivity contribution in [3.8, 4) is 0 Å². The zero-order chi connectivity index (χ0) is 6.41. The first-order valence-electron chi connectivity index (χ1n) is 1.46. The quantitative estimate of drug-likeness (QED) is 0.550. The Bertz CT molecular complexity index is 226. The molecule has 8 heteroatoms. The van der Waals surface area contributed by atoms with Gasteiger partial charge in [-0.3, -0.25) is 0 Å². The zero-order valence-electron chi connectivity index (χ0n) is 3.34. The topological polar surface area (TPSA) is 86.7 Å². The summed E-state index contributed by atoms with van der Waals surface area (Å²) in [6, 6.07) is 0. The van der Waals surface area contributed by atoms with Crippen molar-refractivity contribution in [3.63, 3.8) is 0 Å². The van der Waals surface area contributed by atoms with Crippen molar-refractivity contribution in [1.29, 1.82) is 0 Å². The maximum absolute atomic E-state index is 9.82. The van der Waals surface area contributed by atoms with E-state index in [0.29, 0.717) is 0 Å². The Hall–Kier alpha value is 0.601. The first-order chi connectivity index (χ1) is 3.41. The van der Waals surface area contributed by atoms with Gasteiger partial charge in [-0.1, -0.05) is 0 Å². The summed E-state index contributed by atoms with van der Waals surface area (Å²) in [5.41, 5.74) is 0. The molecule has 8 heavy (non-hydrogen) atoms. The summed E-state index contributed by atoms with van der Waals surface area (Å²) in [6.07, 6.45) is 0. The Morgan fingerprint density at radius 3 is 1.00 bits per heavy atom. The van der Waals surface area contributed by atoms with Crippen LogP contribution < -0.4 is 0 Å². The summed E-state index contributed by atoms with van der Waals surface area (Å²) in [5.74, 6) is 0. The van der Waals surface area contributed by atoms with Crippen LogP contribution in [0.15, 0.2) is 0 Å². The van der Waals surface area contributed by atoms with Gasteiger partial charge in [0, 0.05) is 0 Å². The Morgan fingerprint density at radius 1 is 0.750 bits per heavy atom. The van der Waals surface area contributed by atoms with Gasteiger partial charge in [0.05, 0.1) is 0 Å². The molecule has 1 fully saturated rings. The molecular weight excluding hydrogens is 282 g/mol. The Labute approximate surface area is 52.1 Å². The Kier molecular flexibility index (Phi) is 1.30. The van der Waals surface area contributed by atoms with Crippen molar-refractivity contribution in [2.45, 2.75) is 0 Å². The van der Waals surface area contributed by atoms with Crippen molar-refractivity contribution < 1.29 is 52.2 Å². The maximum atomic E-state index is 9.82. The monoisotopic (exact) mass is 282 g/mol. The second-order valence-corrected chi connectivity index (χ2v) is 11.0. The molecule has 0 N–H and O–H groups in total.